The first-order valence-electron chi connectivity index (χ1n) is 10.1. The summed E-state index contributed by atoms with van der Waals surface area (Å²) in [6.07, 6.45) is 0.854. The Bertz CT molecular complexity index is 975. The lowest BCUT2D eigenvalue weighted by Gasteiger charge is -2.32. The number of amides is 1. The van der Waals surface area contributed by atoms with Crippen LogP contribution in [0, 0.1) is 11.6 Å². The molecule has 1 fully saturated rings. The molecule has 1 aliphatic rings. The zero-order valence-corrected chi connectivity index (χ0v) is 19.1. The number of halogens is 3. The van der Waals surface area contributed by atoms with Crippen molar-refractivity contribution in [2.24, 2.45) is 0 Å². The summed E-state index contributed by atoms with van der Waals surface area (Å²) in [4.78, 5) is 12.2. The highest BCUT2D eigenvalue weighted by Gasteiger charge is 2.52. The van der Waals surface area contributed by atoms with Crippen LogP contribution in [0.3, 0.4) is 0 Å². The molecule has 0 atom stereocenters. The molecule has 0 saturated carbocycles. The Hall–Kier alpha value is -2.42. The van der Waals surface area contributed by atoms with Crippen LogP contribution in [0.25, 0.3) is 6.08 Å². The Morgan fingerprint density at radius 1 is 1.09 bits per heavy atom. The van der Waals surface area contributed by atoms with Gasteiger partial charge >= 0.3 is 13.2 Å². The number of carbonyl (C=O) groups excluding carboxylic acids is 1. The van der Waals surface area contributed by atoms with E-state index in [-0.39, 0.29) is 18.7 Å². The number of rotatable bonds is 6. The molecular weight excluding hydrogens is 439 g/mol. The van der Waals surface area contributed by atoms with Crippen LogP contribution in [0.1, 0.15) is 38.8 Å². The summed E-state index contributed by atoms with van der Waals surface area (Å²) in [7, 11) is -0.837. The Morgan fingerprint density at radius 2 is 1.66 bits per heavy atom. The normalized spacial score (nSPS) is 17.3. The third kappa shape index (κ3) is 5.68. The fraction of sp³-hybridized carbons (Fsp3) is 0.348. The van der Waals surface area contributed by atoms with Crippen molar-refractivity contribution >= 4 is 30.9 Å². The molecular formula is C23H25BClF2NO4. The standard InChI is InChI=1S/C23H25BClF2NO4/c1-22(2)23(3,4)32-24(31-22)17(10-16-11-18(26)20(25)19(27)12-16)13-28-21(29)30-14-15-8-6-5-7-9-15/h5-12H,13-14H2,1-4H3,(H,28,29). The first-order valence-corrected chi connectivity index (χ1v) is 10.5. The van der Waals surface area contributed by atoms with Gasteiger partial charge in [0.25, 0.3) is 0 Å². The van der Waals surface area contributed by atoms with Crippen LogP contribution in [-0.4, -0.2) is 31.0 Å². The van der Waals surface area contributed by atoms with Crippen LogP contribution in [-0.2, 0) is 20.7 Å². The smallest absolute Gasteiger partial charge is 0.445 e. The van der Waals surface area contributed by atoms with E-state index in [0.29, 0.717) is 5.47 Å². The van der Waals surface area contributed by atoms with Crippen LogP contribution in [0.2, 0.25) is 5.02 Å². The largest absolute Gasteiger partial charge is 0.492 e. The minimum atomic E-state index is -0.888. The molecule has 170 valence electrons. The lowest BCUT2D eigenvalue weighted by molar-refractivity contribution is 0.00578. The third-order valence-corrected chi connectivity index (χ3v) is 5.92. The van der Waals surface area contributed by atoms with Gasteiger partial charge in [0.2, 0.25) is 0 Å². The number of carbonyl (C=O) groups is 1. The van der Waals surface area contributed by atoms with Gasteiger partial charge in [-0.05, 0) is 56.4 Å². The summed E-state index contributed by atoms with van der Waals surface area (Å²) >= 11 is 5.58. The van der Waals surface area contributed by atoms with Crippen molar-refractivity contribution in [3.63, 3.8) is 0 Å². The highest BCUT2D eigenvalue weighted by Crippen LogP contribution is 2.39. The second-order valence-electron chi connectivity index (χ2n) is 8.52. The lowest BCUT2D eigenvalue weighted by atomic mass is 9.77. The number of alkyl carbamates (subject to hydrolysis) is 1. The number of ether oxygens (including phenoxy) is 1. The van der Waals surface area contributed by atoms with Gasteiger partial charge in [0.15, 0.2) is 0 Å². The summed E-state index contributed by atoms with van der Waals surface area (Å²) in [5.74, 6) is -1.78. The van der Waals surface area contributed by atoms with E-state index >= 15 is 0 Å². The third-order valence-electron chi connectivity index (χ3n) is 5.56. The summed E-state index contributed by atoms with van der Waals surface area (Å²) in [6, 6.07) is 11.4. The molecule has 0 spiro atoms. The highest BCUT2D eigenvalue weighted by molar-refractivity contribution is 6.56. The molecule has 1 heterocycles. The van der Waals surface area contributed by atoms with Crippen molar-refractivity contribution < 1.29 is 27.6 Å². The Balaban J connectivity index is 1.77. The maximum Gasteiger partial charge on any atom is 0.492 e. The maximum absolute atomic E-state index is 13.9. The van der Waals surface area contributed by atoms with Gasteiger partial charge in [-0.15, -0.1) is 0 Å². The monoisotopic (exact) mass is 463 g/mol. The van der Waals surface area contributed by atoms with Gasteiger partial charge < -0.3 is 19.4 Å². The fourth-order valence-electron chi connectivity index (χ4n) is 3.02. The van der Waals surface area contributed by atoms with Gasteiger partial charge in [0, 0.05) is 6.54 Å². The van der Waals surface area contributed by atoms with Crippen molar-refractivity contribution in [2.75, 3.05) is 6.54 Å². The molecule has 0 bridgehead atoms. The van der Waals surface area contributed by atoms with Crippen molar-refractivity contribution in [1.29, 1.82) is 0 Å². The van der Waals surface area contributed by atoms with Gasteiger partial charge in [0.1, 0.15) is 23.3 Å². The van der Waals surface area contributed by atoms with E-state index in [4.69, 9.17) is 25.6 Å². The first kappa shape index (κ1) is 24.2. The van der Waals surface area contributed by atoms with Crippen molar-refractivity contribution in [3.05, 3.63) is 75.7 Å². The van der Waals surface area contributed by atoms with E-state index in [1.807, 2.05) is 58.0 Å². The molecule has 0 radical (unpaired) electrons. The van der Waals surface area contributed by atoms with E-state index in [1.54, 1.807) is 0 Å². The van der Waals surface area contributed by atoms with Crippen molar-refractivity contribution in [3.8, 4) is 0 Å². The van der Waals surface area contributed by atoms with E-state index < -0.39 is 41.1 Å². The second-order valence-corrected chi connectivity index (χ2v) is 8.90. The number of benzene rings is 2. The van der Waals surface area contributed by atoms with E-state index in [1.165, 1.54) is 6.08 Å². The van der Waals surface area contributed by atoms with E-state index in [9.17, 15) is 13.6 Å². The summed E-state index contributed by atoms with van der Waals surface area (Å²) in [5.41, 5.74) is 0.244. The molecule has 1 aliphatic heterocycles. The minimum Gasteiger partial charge on any atom is -0.445 e. The Kier molecular flexibility index (Phi) is 7.27. The zero-order chi connectivity index (χ0) is 23.5. The van der Waals surface area contributed by atoms with Crippen LogP contribution in [0.4, 0.5) is 13.6 Å². The number of hydrogen-bond donors (Lipinski definition) is 1. The topological polar surface area (TPSA) is 56.8 Å². The molecule has 1 saturated heterocycles. The molecule has 32 heavy (non-hydrogen) atoms. The predicted molar refractivity (Wildman–Crippen MR) is 120 cm³/mol. The van der Waals surface area contributed by atoms with Gasteiger partial charge in [-0.1, -0.05) is 48.0 Å². The summed E-state index contributed by atoms with van der Waals surface area (Å²) in [6.45, 7) is 7.62. The zero-order valence-electron chi connectivity index (χ0n) is 18.4. The van der Waals surface area contributed by atoms with Gasteiger partial charge in [-0.25, -0.2) is 13.6 Å². The molecule has 2 aromatic carbocycles. The second kappa shape index (κ2) is 9.61. The van der Waals surface area contributed by atoms with E-state index in [0.717, 1.165) is 17.7 Å². The average Bonchev–Trinajstić information content (AvgIpc) is 2.95. The molecule has 1 amide bonds. The molecule has 5 nitrogen and oxygen atoms in total. The molecule has 0 aliphatic carbocycles. The highest BCUT2D eigenvalue weighted by atomic mass is 35.5. The molecule has 2 aromatic rings. The van der Waals surface area contributed by atoms with E-state index in [2.05, 4.69) is 5.32 Å². The van der Waals surface area contributed by atoms with Crippen LogP contribution in [0.15, 0.2) is 47.9 Å². The molecule has 9 heteroatoms. The lowest BCUT2D eigenvalue weighted by Crippen LogP contribution is -2.41. The van der Waals surface area contributed by atoms with Crippen LogP contribution in [0.5, 0.6) is 0 Å². The van der Waals surface area contributed by atoms with Crippen molar-refractivity contribution in [1.82, 2.24) is 5.32 Å². The van der Waals surface area contributed by atoms with Gasteiger partial charge in [-0.3, -0.25) is 0 Å². The Morgan fingerprint density at radius 3 is 2.22 bits per heavy atom. The average molecular weight is 464 g/mol. The quantitative estimate of drug-likeness (QED) is 0.450. The molecule has 0 aromatic heterocycles. The molecule has 3 rings (SSSR count). The fourth-order valence-corrected chi connectivity index (χ4v) is 3.13. The summed E-state index contributed by atoms with van der Waals surface area (Å²) in [5, 5.41) is 2.06. The van der Waals surface area contributed by atoms with Gasteiger partial charge in [0.05, 0.1) is 11.2 Å². The minimum absolute atomic E-state index is 0.0175. The number of hydrogen-bond acceptors (Lipinski definition) is 4. The SMILES string of the molecule is CC1(C)OB(C(=Cc2cc(F)c(Cl)c(F)c2)CNC(=O)OCc2ccccc2)OC1(C)C. The van der Waals surface area contributed by atoms with Crippen molar-refractivity contribution in [2.45, 2.75) is 45.5 Å². The molecule has 1 N–H and O–H groups in total. The van der Waals surface area contributed by atoms with Crippen LogP contribution >= 0.6 is 11.6 Å². The predicted octanol–water partition coefficient (Wildman–Crippen LogP) is 5.56. The summed E-state index contributed by atoms with van der Waals surface area (Å²) < 4.78 is 45.2. The number of nitrogens with one attached hydrogen (secondary N) is 1. The Labute approximate surface area is 191 Å². The molecule has 0 unspecified atom stereocenters. The van der Waals surface area contributed by atoms with Crippen LogP contribution < -0.4 is 5.32 Å². The van der Waals surface area contributed by atoms with Gasteiger partial charge in [-0.2, -0.15) is 0 Å². The maximum atomic E-state index is 13.9. The first-order chi connectivity index (χ1) is 15.0.